The molecule has 1 nitrogen and oxygen atoms in total. The van der Waals surface area contributed by atoms with Crippen molar-refractivity contribution in [2.75, 3.05) is 6.54 Å². The summed E-state index contributed by atoms with van der Waals surface area (Å²) in [5.41, 5.74) is 0.477. The molecule has 0 aromatic carbocycles. The monoisotopic (exact) mass is 199 g/mol. The van der Waals surface area contributed by atoms with Gasteiger partial charge >= 0.3 is 0 Å². The summed E-state index contributed by atoms with van der Waals surface area (Å²) in [5.74, 6) is 0.864. The van der Waals surface area contributed by atoms with Crippen LogP contribution < -0.4 is 5.32 Å². The van der Waals surface area contributed by atoms with Crippen molar-refractivity contribution in [1.82, 2.24) is 5.32 Å². The van der Waals surface area contributed by atoms with Crippen LogP contribution in [0.5, 0.6) is 0 Å². The summed E-state index contributed by atoms with van der Waals surface area (Å²) in [6, 6.07) is 0.649. The van der Waals surface area contributed by atoms with E-state index < -0.39 is 0 Å². The Morgan fingerprint density at radius 3 is 1.93 bits per heavy atom. The van der Waals surface area contributed by atoms with Gasteiger partial charge in [-0.3, -0.25) is 0 Å². The zero-order chi connectivity index (χ0) is 11.2. The first kappa shape index (κ1) is 14.0. The number of rotatable bonds is 7. The summed E-state index contributed by atoms with van der Waals surface area (Å²) in [4.78, 5) is 0. The quantitative estimate of drug-likeness (QED) is 0.657. The molecule has 0 amide bonds. The van der Waals surface area contributed by atoms with Crippen LogP contribution in [0.1, 0.15) is 60.8 Å². The largest absolute Gasteiger partial charge is 0.315 e. The van der Waals surface area contributed by atoms with Crippen LogP contribution >= 0.6 is 0 Å². The molecule has 86 valence electrons. The first-order chi connectivity index (χ1) is 6.47. The molecule has 0 aliphatic rings. The van der Waals surface area contributed by atoms with Crippen molar-refractivity contribution in [2.24, 2.45) is 11.3 Å². The van der Waals surface area contributed by atoms with Gasteiger partial charge in [0.2, 0.25) is 0 Å². The molecular formula is C13H29N. The topological polar surface area (TPSA) is 12.0 Å². The van der Waals surface area contributed by atoms with Crippen LogP contribution in [0.2, 0.25) is 0 Å². The molecule has 0 aliphatic heterocycles. The van der Waals surface area contributed by atoms with Gasteiger partial charge < -0.3 is 5.32 Å². The Labute approximate surface area is 90.7 Å². The van der Waals surface area contributed by atoms with Gasteiger partial charge in [0.1, 0.15) is 0 Å². The third kappa shape index (κ3) is 4.45. The second-order valence-electron chi connectivity index (χ2n) is 5.16. The molecule has 0 bridgehead atoms. The molecule has 0 saturated carbocycles. The first-order valence-electron chi connectivity index (χ1n) is 6.21. The van der Waals surface area contributed by atoms with E-state index >= 15 is 0 Å². The molecule has 0 aromatic heterocycles. The van der Waals surface area contributed by atoms with E-state index in [1.807, 2.05) is 0 Å². The summed E-state index contributed by atoms with van der Waals surface area (Å²) in [6.07, 6.45) is 3.90. The maximum Gasteiger partial charge on any atom is 0.00437 e. The fourth-order valence-corrected chi connectivity index (χ4v) is 2.77. The van der Waals surface area contributed by atoms with E-state index in [2.05, 4.69) is 46.9 Å². The lowest BCUT2D eigenvalue weighted by atomic mass is 9.72. The van der Waals surface area contributed by atoms with Crippen LogP contribution in [0.3, 0.4) is 0 Å². The summed E-state index contributed by atoms with van der Waals surface area (Å²) >= 11 is 0. The van der Waals surface area contributed by atoms with Gasteiger partial charge in [-0.25, -0.2) is 0 Å². The van der Waals surface area contributed by atoms with Crippen molar-refractivity contribution in [3.63, 3.8) is 0 Å². The van der Waals surface area contributed by atoms with Crippen LogP contribution in [-0.2, 0) is 0 Å². The van der Waals surface area contributed by atoms with Crippen molar-refractivity contribution in [2.45, 2.75) is 66.8 Å². The molecule has 1 heteroatoms. The summed E-state index contributed by atoms with van der Waals surface area (Å²) in [7, 11) is 0. The molecule has 1 unspecified atom stereocenters. The van der Waals surface area contributed by atoms with Crippen molar-refractivity contribution in [3.05, 3.63) is 0 Å². The Morgan fingerprint density at radius 1 is 1.07 bits per heavy atom. The second-order valence-corrected chi connectivity index (χ2v) is 5.16. The standard InChI is InChI=1S/C13H29N/c1-7-12(8-2)13(5,6)10-11(4)14-9-3/h11-12,14H,7-10H2,1-6H3. The third-order valence-corrected chi connectivity index (χ3v) is 3.48. The first-order valence-corrected chi connectivity index (χ1v) is 6.21. The van der Waals surface area contributed by atoms with Crippen LogP contribution in [0.15, 0.2) is 0 Å². The second kappa shape index (κ2) is 6.44. The van der Waals surface area contributed by atoms with Crippen LogP contribution in [0, 0.1) is 11.3 Å². The van der Waals surface area contributed by atoms with Crippen molar-refractivity contribution in [3.8, 4) is 0 Å². The SMILES string of the molecule is CCNC(C)CC(C)(C)C(CC)CC. The van der Waals surface area contributed by atoms with Gasteiger partial charge in [0.25, 0.3) is 0 Å². The maximum absolute atomic E-state index is 3.50. The van der Waals surface area contributed by atoms with Gasteiger partial charge in [-0.15, -0.1) is 0 Å². The zero-order valence-corrected chi connectivity index (χ0v) is 11.0. The molecule has 0 rings (SSSR count). The highest BCUT2D eigenvalue weighted by atomic mass is 14.9. The molecular weight excluding hydrogens is 170 g/mol. The van der Waals surface area contributed by atoms with Crippen LogP contribution in [-0.4, -0.2) is 12.6 Å². The van der Waals surface area contributed by atoms with Crippen LogP contribution in [0.4, 0.5) is 0 Å². The van der Waals surface area contributed by atoms with Crippen molar-refractivity contribution in [1.29, 1.82) is 0 Å². The average molecular weight is 199 g/mol. The predicted molar refractivity (Wildman–Crippen MR) is 65.6 cm³/mol. The summed E-state index contributed by atoms with van der Waals surface area (Å²) in [6.45, 7) is 15.0. The molecule has 0 spiro atoms. The number of nitrogens with one attached hydrogen (secondary N) is 1. The highest BCUT2D eigenvalue weighted by molar-refractivity contribution is 4.80. The third-order valence-electron chi connectivity index (χ3n) is 3.48. The minimum atomic E-state index is 0.477. The molecule has 1 N–H and O–H groups in total. The van der Waals surface area contributed by atoms with Gasteiger partial charge in [-0.05, 0) is 31.2 Å². The lowest BCUT2D eigenvalue weighted by Crippen LogP contribution is -2.34. The molecule has 0 heterocycles. The van der Waals surface area contributed by atoms with Gasteiger partial charge in [0.15, 0.2) is 0 Å². The van der Waals surface area contributed by atoms with E-state index in [4.69, 9.17) is 0 Å². The van der Waals surface area contributed by atoms with Gasteiger partial charge in [-0.1, -0.05) is 47.5 Å². The van der Waals surface area contributed by atoms with Gasteiger partial charge in [-0.2, -0.15) is 0 Å². The molecule has 0 radical (unpaired) electrons. The summed E-state index contributed by atoms with van der Waals surface area (Å²) < 4.78 is 0. The van der Waals surface area contributed by atoms with E-state index in [9.17, 15) is 0 Å². The van der Waals surface area contributed by atoms with Crippen molar-refractivity contribution >= 4 is 0 Å². The molecule has 0 saturated heterocycles. The Morgan fingerprint density at radius 2 is 1.57 bits per heavy atom. The molecule has 14 heavy (non-hydrogen) atoms. The van der Waals surface area contributed by atoms with E-state index in [-0.39, 0.29) is 0 Å². The van der Waals surface area contributed by atoms with Gasteiger partial charge in [0, 0.05) is 6.04 Å². The summed E-state index contributed by atoms with van der Waals surface area (Å²) in [5, 5.41) is 3.50. The molecule has 0 aromatic rings. The lowest BCUT2D eigenvalue weighted by Gasteiger charge is -2.35. The van der Waals surface area contributed by atoms with Gasteiger partial charge in [0.05, 0.1) is 0 Å². The fraction of sp³-hybridized carbons (Fsp3) is 1.00. The molecule has 1 atom stereocenters. The normalized spacial score (nSPS) is 14.8. The van der Waals surface area contributed by atoms with E-state index in [0.717, 1.165) is 12.5 Å². The minimum Gasteiger partial charge on any atom is -0.315 e. The Hall–Kier alpha value is -0.0400. The van der Waals surface area contributed by atoms with E-state index in [1.165, 1.54) is 19.3 Å². The average Bonchev–Trinajstić information content (AvgIpc) is 2.04. The predicted octanol–water partition coefficient (Wildman–Crippen LogP) is 3.84. The molecule has 0 aliphatic carbocycles. The van der Waals surface area contributed by atoms with Crippen LogP contribution in [0.25, 0.3) is 0 Å². The number of hydrogen-bond donors (Lipinski definition) is 1. The maximum atomic E-state index is 3.50. The lowest BCUT2D eigenvalue weighted by molar-refractivity contribution is 0.164. The molecule has 0 fully saturated rings. The smallest absolute Gasteiger partial charge is 0.00437 e. The fourth-order valence-electron chi connectivity index (χ4n) is 2.77. The zero-order valence-electron chi connectivity index (χ0n) is 11.0. The Bertz CT molecular complexity index is 136. The Balaban J connectivity index is 4.15. The number of hydrogen-bond acceptors (Lipinski definition) is 1. The Kier molecular flexibility index (Phi) is 6.43. The van der Waals surface area contributed by atoms with Crippen molar-refractivity contribution < 1.29 is 0 Å². The highest BCUT2D eigenvalue weighted by Crippen LogP contribution is 2.36. The van der Waals surface area contributed by atoms with E-state index in [1.54, 1.807) is 0 Å². The van der Waals surface area contributed by atoms with E-state index in [0.29, 0.717) is 11.5 Å². The minimum absolute atomic E-state index is 0.477. The highest BCUT2D eigenvalue weighted by Gasteiger charge is 2.28.